The third-order valence-electron chi connectivity index (χ3n) is 3.57. The van der Waals surface area contributed by atoms with Crippen molar-refractivity contribution in [1.82, 2.24) is 5.32 Å². The van der Waals surface area contributed by atoms with Crippen molar-refractivity contribution in [3.05, 3.63) is 28.2 Å². The van der Waals surface area contributed by atoms with E-state index in [9.17, 15) is 0 Å². The summed E-state index contributed by atoms with van der Waals surface area (Å²) in [5.41, 5.74) is 0. The molecule has 0 spiro atoms. The highest BCUT2D eigenvalue weighted by atomic mass is 35.5. The SMILES string of the molecule is Clc1cc(Cl)cc(OC2C[C@H]3CC[C@@H](C2)N3)c1. The highest BCUT2D eigenvalue weighted by Crippen LogP contribution is 2.31. The van der Waals surface area contributed by atoms with Crippen molar-refractivity contribution < 1.29 is 4.74 Å². The van der Waals surface area contributed by atoms with E-state index in [1.54, 1.807) is 6.07 Å². The molecule has 1 aromatic carbocycles. The van der Waals surface area contributed by atoms with Crippen LogP contribution in [0, 0.1) is 0 Å². The summed E-state index contributed by atoms with van der Waals surface area (Å²) in [5.74, 6) is 0.786. The standard InChI is InChI=1S/C13H15Cl2NO/c14-8-3-9(15)5-12(4-8)17-13-6-10-1-2-11(7-13)16-10/h3-5,10-11,13,16H,1-2,6-7H2/t10-,11+,13?. The van der Waals surface area contributed by atoms with Crippen LogP contribution in [-0.2, 0) is 0 Å². The first-order chi connectivity index (χ1) is 8.19. The van der Waals surface area contributed by atoms with Crippen molar-refractivity contribution in [1.29, 1.82) is 0 Å². The van der Waals surface area contributed by atoms with E-state index in [0.29, 0.717) is 28.2 Å². The Bertz CT molecular complexity index is 392. The topological polar surface area (TPSA) is 21.3 Å². The maximum Gasteiger partial charge on any atom is 0.122 e. The van der Waals surface area contributed by atoms with E-state index >= 15 is 0 Å². The quantitative estimate of drug-likeness (QED) is 0.887. The van der Waals surface area contributed by atoms with Crippen LogP contribution in [0.25, 0.3) is 0 Å². The molecular weight excluding hydrogens is 257 g/mol. The molecule has 0 saturated carbocycles. The van der Waals surface area contributed by atoms with Gasteiger partial charge in [0.25, 0.3) is 0 Å². The summed E-state index contributed by atoms with van der Waals surface area (Å²) in [5, 5.41) is 4.85. The maximum absolute atomic E-state index is 5.99. The number of hydrogen-bond acceptors (Lipinski definition) is 2. The molecule has 2 aliphatic heterocycles. The van der Waals surface area contributed by atoms with Gasteiger partial charge >= 0.3 is 0 Å². The fraction of sp³-hybridized carbons (Fsp3) is 0.538. The average molecular weight is 272 g/mol. The van der Waals surface area contributed by atoms with Gasteiger partial charge in [-0.25, -0.2) is 0 Å². The predicted molar refractivity (Wildman–Crippen MR) is 70.1 cm³/mol. The predicted octanol–water partition coefficient (Wildman–Crippen LogP) is 3.66. The molecular formula is C13H15Cl2NO. The summed E-state index contributed by atoms with van der Waals surface area (Å²) in [6, 6.07) is 6.65. The van der Waals surface area contributed by atoms with E-state index in [1.807, 2.05) is 12.1 Å². The molecule has 3 atom stereocenters. The molecule has 17 heavy (non-hydrogen) atoms. The van der Waals surface area contributed by atoms with E-state index in [4.69, 9.17) is 27.9 Å². The molecule has 4 heteroatoms. The second kappa shape index (κ2) is 4.68. The molecule has 1 aromatic rings. The van der Waals surface area contributed by atoms with Crippen LogP contribution in [0.2, 0.25) is 10.0 Å². The van der Waals surface area contributed by atoms with Crippen molar-refractivity contribution in [2.75, 3.05) is 0 Å². The first-order valence-electron chi connectivity index (χ1n) is 6.08. The zero-order valence-corrected chi connectivity index (χ0v) is 11.0. The highest BCUT2D eigenvalue weighted by Gasteiger charge is 2.34. The van der Waals surface area contributed by atoms with Crippen LogP contribution in [0.1, 0.15) is 25.7 Å². The van der Waals surface area contributed by atoms with E-state index in [1.165, 1.54) is 12.8 Å². The van der Waals surface area contributed by atoms with Crippen molar-refractivity contribution in [2.24, 2.45) is 0 Å². The van der Waals surface area contributed by atoms with E-state index in [2.05, 4.69) is 5.32 Å². The summed E-state index contributed by atoms with van der Waals surface area (Å²) in [6.07, 6.45) is 5.02. The third kappa shape index (κ3) is 2.70. The van der Waals surface area contributed by atoms with E-state index in [0.717, 1.165) is 18.6 Å². The van der Waals surface area contributed by atoms with Gasteiger partial charge in [0, 0.05) is 22.1 Å². The second-order valence-electron chi connectivity index (χ2n) is 4.95. The molecule has 0 aliphatic carbocycles. The van der Waals surface area contributed by atoms with Crippen molar-refractivity contribution >= 4 is 23.2 Å². The van der Waals surface area contributed by atoms with Gasteiger partial charge in [-0.2, -0.15) is 0 Å². The van der Waals surface area contributed by atoms with Gasteiger partial charge in [-0.05, 0) is 43.9 Å². The molecule has 2 aliphatic rings. The van der Waals surface area contributed by atoms with Gasteiger partial charge in [-0.15, -0.1) is 0 Å². The zero-order valence-electron chi connectivity index (χ0n) is 9.46. The lowest BCUT2D eigenvalue weighted by Gasteiger charge is -2.29. The maximum atomic E-state index is 5.99. The number of ether oxygens (including phenoxy) is 1. The van der Waals surface area contributed by atoms with Gasteiger partial charge in [0.15, 0.2) is 0 Å². The number of fused-ring (bicyclic) bond motifs is 2. The highest BCUT2D eigenvalue weighted by molar-refractivity contribution is 6.34. The van der Waals surface area contributed by atoms with Crippen LogP contribution in [0.4, 0.5) is 0 Å². The summed E-state index contributed by atoms with van der Waals surface area (Å²) in [6.45, 7) is 0. The Labute approximate surface area is 111 Å². The molecule has 1 unspecified atom stereocenters. The molecule has 0 radical (unpaired) electrons. The summed E-state index contributed by atoms with van der Waals surface area (Å²) in [4.78, 5) is 0. The first kappa shape index (κ1) is 11.6. The number of rotatable bonds is 2. The van der Waals surface area contributed by atoms with Gasteiger partial charge in [0.2, 0.25) is 0 Å². The largest absolute Gasteiger partial charge is 0.490 e. The van der Waals surface area contributed by atoms with Crippen LogP contribution in [-0.4, -0.2) is 18.2 Å². The number of benzene rings is 1. The lowest BCUT2D eigenvalue weighted by molar-refractivity contribution is 0.137. The Kier molecular flexibility index (Phi) is 3.20. The van der Waals surface area contributed by atoms with Gasteiger partial charge in [-0.3, -0.25) is 0 Å². The Morgan fingerprint density at radius 1 is 1.00 bits per heavy atom. The number of nitrogens with one attached hydrogen (secondary N) is 1. The molecule has 1 N–H and O–H groups in total. The lowest BCUT2D eigenvalue weighted by Crippen LogP contribution is -2.42. The number of piperidine rings is 1. The smallest absolute Gasteiger partial charge is 0.122 e. The number of hydrogen-bond donors (Lipinski definition) is 1. The van der Waals surface area contributed by atoms with Crippen molar-refractivity contribution in [3.63, 3.8) is 0 Å². The molecule has 2 nitrogen and oxygen atoms in total. The fourth-order valence-corrected chi connectivity index (χ4v) is 3.40. The minimum absolute atomic E-state index is 0.295. The molecule has 2 bridgehead atoms. The molecule has 0 amide bonds. The second-order valence-corrected chi connectivity index (χ2v) is 5.83. The van der Waals surface area contributed by atoms with Gasteiger partial charge < -0.3 is 10.1 Å². The molecule has 92 valence electrons. The molecule has 2 heterocycles. The zero-order chi connectivity index (χ0) is 11.8. The van der Waals surface area contributed by atoms with E-state index < -0.39 is 0 Å². The normalized spacial score (nSPS) is 31.5. The first-order valence-corrected chi connectivity index (χ1v) is 6.83. The third-order valence-corrected chi connectivity index (χ3v) is 4.01. The van der Waals surface area contributed by atoms with Crippen LogP contribution in [0.15, 0.2) is 18.2 Å². The average Bonchev–Trinajstić information content (AvgIpc) is 2.56. The van der Waals surface area contributed by atoms with E-state index in [-0.39, 0.29) is 0 Å². The summed E-state index contributed by atoms with van der Waals surface area (Å²) in [7, 11) is 0. The molecule has 0 aromatic heterocycles. The van der Waals surface area contributed by atoms with Gasteiger partial charge in [0.1, 0.15) is 11.9 Å². The minimum Gasteiger partial charge on any atom is -0.490 e. The Morgan fingerprint density at radius 3 is 2.18 bits per heavy atom. The van der Waals surface area contributed by atoms with Gasteiger partial charge in [0.05, 0.1) is 0 Å². The van der Waals surface area contributed by atoms with Crippen molar-refractivity contribution in [2.45, 2.75) is 43.9 Å². The Balaban J connectivity index is 1.70. The molecule has 2 fully saturated rings. The molecule has 2 saturated heterocycles. The minimum atomic E-state index is 0.295. The van der Waals surface area contributed by atoms with Crippen LogP contribution in [0.5, 0.6) is 5.75 Å². The molecule has 3 rings (SSSR count). The summed E-state index contributed by atoms with van der Waals surface area (Å²) < 4.78 is 5.99. The van der Waals surface area contributed by atoms with Gasteiger partial charge in [-0.1, -0.05) is 23.2 Å². The monoisotopic (exact) mass is 271 g/mol. The Hall–Kier alpha value is -0.440. The van der Waals surface area contributed by atoms with Crippen LogP contribution >= 0.6 is 23.2 Å². The van der Waals surface area contributed by atoms with Crippen molar-refractivity contribution in [3.8, 4) is 5.75 Å². The Morgan fingerprint density at radius 2 is 1.59 bits per heavy atom. The lowest BCUT2D eigenvalue weighted by atomic mass is 10.0. The fourth-order valence-electron chi connectivity index (χ4n) is 2.89. The number of halogens is 2. The summed E-state index contributed by atoms with van der Waals surface area (Å²) >= 11 is 11.9. The van der Waals surface area contributed by atoms with Crippen LogP contribution in [0.3, 0.4) is 0 Å². The van der Waals surface area contributed by atoms with Crippen LogP contribution < -0.4 is 10.1 Å².